The van der Waals surface area contributed by atoms with Crippen LogP contribution < -0.4 is 10.1 Å². The van der Waals surface area contributed by atoms with Crippen LogP contribution in [-0.4, -0.2) is 54.9 Å². The molecule has 1 saturated heterocycles. The van der Waals surface area contributed by atoms with E-state index in [-0.39, 0.29) is 11.8 Å². The number of amides is 2. The summed E-state index contributed by atoms with van der Waals surface area (Å²) in [4.78, 5) is 16.6. The van der Waals surface area contributed by atoms with Gasteiger partial charge in [-0.2, -0.15) is 0 Å². The van der Waals surface area contributed by atoms with Gasteiger partial charge in [-0.25, -0.2) is 4.79 Å². The zero-order valence-corrected chi connectivity index (χ0v) is 15.5. The van der Waals surface area contributed by atoms with Crippen molar-refractivity contribution in [2.75, 3.05) is 38.0 Å². The highest BCUT2D eigenvalue weighted by atomic mass is 19.4. The Morgan fingerprint density at radius 3 is 2.36 bits per heavy atom. The highest BCUT2D eigenvalue weighted by molar-refractivity contribution is 5.89. The van der Waals surface area contributed by atoms with E-state index in [9.17, 15) is 18.0 Å². The van der Waals surface area contributed by atoms with Crippen LogP contribution in [-0.2, 0) is 0 Å². The van der Waals surface area contributed by atoms with Gasteiger partial charge in [0.25, 0.3) is 0 Å². The second-order valence-electron chi connectivity index (χ2n) is 7.83. The predicted molar refractivity (Wildman–Crippen MR) is 99.0 cm³/mol. The zero-order chi connectivity index (χ0) is 19.7. The number of allylic oxidation sites excluding steroid dienone is 2. The van der Waals surface area contributed by atoms with Crippen LogP contribution in [0.25, 0.3) is 0 Å². The first kappa shape index (κ1) is 19.1. The smallest absolute Gasteiger partial charge is 0.406 e. The summed E-state index contributed by atoms with van der Waals surface area (Å²) in [6.45, 7) is 4.10. The summed E-state index contributed by atoms with van der Waals surface area (Å²) in [7, 11) is 0. The summed E-state index contributed by atoms with van der Waals surface area (Å²) in [5, 5.41) is 2.73. The molecule has 1 N–H and O–H groups in total. The van der Waals surface area contributed by atoms with E-state index < -0.39 is 6.36 Å². The molecule has 152 valence electrons. The molecule has 28 heavy (non-hydrogen) atoms. The standard InChI is InChI=1S/C20H24F3N3O2/c21-20(22,23)28-18-5-3-17(4-6-18)24-19(27)26-9-7-25(8-10-26)13-16-12-14-1-2-15(16)11-14/h1-6,14-16H,7-13H2,(H,24,27). The molecule has 1 aromatic rings. The van der Waals surface area contributed by atoms with Crippen LogP contribution in [0.1, 0.15) is 12.8 Å². The second-order valence-corrected chi connectivity index (χ2v) is 7.83. The largest absolute Gasteiger partial charge is 0.573 e. The fraction of sp³-hybridized carbons (Fsp3) is 0.550. The van der Waals surface area contributed by atoms with Crippen molar-refractivity contribution in [1.82, 2.24) is 9.80 Å². The molecule has 4 rings (SSSR count). The average Bonchev–Trinajstić information content (AvgIpc) is 3.26. The SMILES string of the molecule is O=C(Nc1ccc(OC(F)(F)F)cc1)N1CCN(CC2CC3C=CC2C3)CC1. The number of rotatable bonds is 4. The number of hydrogen-bond donors (Lipinski definition) is 1. The minimum atomic E-state index is -4.72. The number of ether oxygens (including phenoxy) is 1. The quantitative estimate of drug-likeness (QED) is 0.786. The van der Waals surface area contributed by atoms with E-state index in [0.717, 1.165) is 37.4 Å². The van der Waals surface area contributed by atoms with Crippen LogP contribution in [0.5, 0.6) is 5.75 Å². The minimum Gasteiger partial charge on any atom is -0.406 e. The van der Waals surface area contributed by atoms with Crippen LogP contribution in [0.3, 0.4) is 0 Å². The van der Waals surface area contributed by atoms with Crippen molar-refractivity contribution in [2.45, 2.75) is 19.2 Å². The van der Waals surface area contributed by atoms with Crippen molar-refractivity contribution >= 4 is 11.7 Å². The maximum Gasteiger partial charge on any atom is 0.573 e. The van der Waals surface area contributed by atoms with Crippen molar-refractivity contribution in [3.8, 4) is 5.75 Å². The Balaban J connectivity index is 1.22. The van der Waals surface area contributed by atoms with Crippen LogP contribution in [0.15, 0.2) is 36.4 Å². The molecule has 1 heterocycles. The van der Waals surface area contributed by atoms with Gasteiger partial charge in [0.05, 0.1) is 0 Å². The molecule has 1 aliphatic heterocycles. The normalized spacial score (nSPS) is 27.2. The number of hydrogen-bond acceptors (Lipinski definition) is 3. The van der Waals surface area contributed by atoms with Crippen molar-refractivity contribution in [1.29, 1.82) is 0 Å². The molecule has 0 radical (unpaired) electrons. The number of carbonyl (C=O) groups is 1. The first-order valence-corrected chi connectivity index (χ1v) is 9.68. The van der Waals surface area contributed by atoms with Gasteiger partial charge >= 0.3 is 12.4 Å². The van der Waals surface area contributed by atoms with Gasteiger partial charge in [-0.05, 0) is 54.9 Å². The molecule has 1 aromatic carbocycles. The van der Waals surface area contributed by atoms with E-state index in [2.05, 4.69) is 27.1 Å². The topological polar surface area (TPSA) is 44.8 Å². The summed E-state index contributed by atoms with van der Waals surface area (Å²) in [6, 6.07) is 4.94. The van der Waals surface area contributed by atoms with Gasteiger partial charge in [-0.3, -0.25) is 4.90 Å². The molecule has 0 spiro atoms. The third kappa shape index (κ3) is 4.60. The highest BCUT2D eigenvalue weighted by Gasteiger charge is 2.37. The van der Waals surface area contributed by atoms with Gasteiger partial charge in [-0.15, -0.1) is 13.2 Å². The van der Waals surface area contributed by atoms with Crippen molar-refractivity contribution in [2.24, 2.45) is 17.8 Å². The number of piperazine rings is 1. The summed E-state index contributed by atoms with van der Waals surface area (Å²) in [6.07, 6.45) is 2.59. The third-order valence-electron chi connectivity index (χ3n) is 5.91. The lowest BCUT2D eigenvalue weighted by atomic mass is 9.93. The van der Waals surface area contributed by atoms with Crippen molar-refractivity contribution < 1.29 is 22.7 Å². The van der Waals surface area contributed by atoms with Crippen LogP contribution in [0.4, 0.5) is 23.7 Å². The Kier molecular flexibility index (Phi) is 5.23. The lowest BCUT2D eigenvalue weighted by Crippen LogP contribution is -2.51. The molecule has 3 aliphatic rings. The average molecular weight is 395 g/mol. The molecule has 2 fully saturated rings. The molecule has 5 nitrogen and oxygen atoms in total. The number of anilines is 1. The van der Waals surface area contributed by atoms with Crippen LogP contribution in [0, 0.1) is 17.8 Å². The minimum absolute atomic E-state index is 0.230. The molecular weight excluding hydrogens is 371 g/mol. The number of nitrogens with zero attached hydrogens (tertiary/aromatic N) is 2. The van der Waals surface area contributed by atoms with E-state index in [1.807, 2.05) is 0 Å². The van der Waals surface area contributed by atoms with Crippen molar-refractivity contribution in [3.05, 3.63) is 36.4 Å². The molecule has 2 bridgehead atoms. The van der Waals surface area contributed by atoms with Gasteiger partial charge in [0.2, 0.25) is 0 Å². The second kappa shape index (κ2) is 7.66. The van der Waals surface area contributed by atoms with Gasteiger partial charge in [0, 0.05) is 38.4 Å². The molecule has 8 heteroatoms. The molecule has 3 atom stereocenters. The zero-order valence-electron chi connectivity index (χ0n) is 15.5. The third-order valence-corrected chi connectivity index (χ3v) is 5.91. The summed E-state index contributed by atoms with van der Waals surface area (Å²) >= 11 is 0. The molecule has 2 aliphatic carbocycles. The Morgan fingerprint density at radius 1 is 1.07 bits per heavy atom. The number of alkyl halides is 3. The summed E-state index contributed by atoms with van der Waals surface area (Å²) in [5.41, 5.74) is 0.440. The maximum absolute atomic E-state index is 12.4. The number of fused-ring (bicyclic) bond motifs is 2. The molecule has 0 aromatic heterocycles. The van der Waals surface area contributed by atoms with E-state index in [1.165, 1.54) is 37.1 Å². The fourth-order valence-corrected chi connectivity index (χ4v) is 4.51. The molecule has 1 saturated carbocycles. The Labute approximate surface area is 162 Å². The van der Waals surface area contributed by atoms with Gasteiger partial charge in [0.1, 0.15) is 5.75 Å². The number of carbonyl (C=O) groups excluding carboxylic acids is 1. The summed E-state index contributed by atoms with van der Waals surface area (Å²) < 4.78 is 40.4. The molecular formula is C20H24F3N3O2. The van der Waals surface area contributed by atoms with E-state index >= 15 is 0 Å². The van der Waals surface area contributed by atoms with Gasteiger partial charge < -0.3 is 15.0 Å². The Morgan fingerprint density at radius 2 is 1.79 bits per heavy atom. The number of urea groups is 1. The number of nitrogens with one attached hydrogen (secondary N) is 1. The molecule has 3 unspecified atom stereocenters. The first-order valence-electron chi connectivity index (χ1n) is 9.68. The van der Waals surface area contributed by atoms with Gasteiger partial charge in [0.15, 0.2) is 0 Å². The Bertz CT molecular complexity index is 727. The van der Waals surface area contributed by atoms with Crippen LogP contribution >= 0.6 is 0 Å². The van der Waals surface area contributed by atoms with E-state index in [0.29, 0.717) is 18.8 Å². The fourth-order valence-electron chi connectivity index (χ4n) is 4.51. The maximum atomic E-state index is 12.4. The van der Waals surface area contributed by atoms with E-state index in [4.69, 9.17) is 0 Å². The highest BCUT2D eigenvalue weighted by Crippen LogP contribution is 2.43. The Hall–Kier alpha value is -2.22. The lowest BCUT2D eigenvalue weighted by Gasteiger charge is -2.36. The van der Waals surface area contributed by atoms with Crippen LogP contribution in [0.2, 0.25) is 0 Å². The lowest BCUT2D eigenvalue weighted by molar-refractivity contribution is -0.274. The number of halogens is 3. The predicted octanol–water partition coefficient (Wildman–Crippen LogP) is 3.95. The van der Waals surface area contributed by atoms with Crippen molar-refractivity contribution in [3.63, 3.8) is 0 Å². The van der Waals surface area contributed by atoms with E-state index in [1.54, 1.807) is 4.90 Å². The number of benzene rings is 1. The monoisotopic (exact) mass is 395 g/mol. The first-order chi connectivity index (χ1) is 13.4. The summed E-state index contributed by atoms with van der Waals surface area (Å²) in [5.74, 6) is 1.94. The van der Waals surface area contributed by atoms with Gasteiger partial charge in [-0.1, -0.05) is 12.2 Å². The molecule has 2 amide bonds.